The third kappa shape index (κ3) is 3.38. The molecular formula is C19H20N8S. The Hall–Kier alpha value is -2.78. The summed E-state index contributed by atoms with van der Waals surface area (Å²) < 4.78 is 1.90. The Kier molecular flexibility index (Phi) is 4.53. The van der Waals surface area contributed by atoms with Crippen LogP contribution in [-0.4, -0.2) is 53.0 Å². The van der Waals surface area contributed by atoms with Gasteiger partial charge in [0.1, 0.15) is 10.0 Å². The van der Waals surface area contributed by atoms with E-state index in [-0.39, 0.29) is 0 Å². The van der Waals surface area contributed by atoms with Gasteiger partial charge in [-0.1, -0.05) is 0 Å². The van der Waals surface area contributed by atoms with Gasteiger partial charge in [-0.2, -0.15) is 9.61 Å². The van der Waals surface area contributed by atoms with Crippen LogP contribution in [0.1, 0.15) is 34.6 Å². The van der Waals surface area contributed by atoms with Crippen LogP contribution < -0.4 is 0 Å². The number of hydrogen-bond acceptors (Lipinski definition) is 8. The van der Waals surface area contributed by atoms with Gasteiger partial charge in [-0.25, -0.2) is 0 Å². The maximum Gasteiger partial charge on any atom is 0.177 e. The average molecular weight is 392 g/mol. The summed E-state index contributed by atoms with van der Waals surface area (Å²) in [7, 11) is 0. The first kappa shape index (κ1) is 17.3. The van der Waals surface area contributed by atoms with E-state index >= 15 is 0 Å². The average Bonchev–Trinajstić information content (AvgIpc) is 3.35. The molecule has 4 aromatic rings. The summed E-state index contributed by atoms with van der Waals surface area (Å²) in [5.41, 5.74) is 2.66. The van der Waals surface area contributed by atoms with Crippen molar-refractivity contribution in [1.82, 2.24) is 39.9 Å². The van der Waals surface area contributed by atoms with Crippen LogP contribution in [0.4, 0.5) is 0 Å². The summed E-state index contributed by atoms with van der Waals surface area (Å²) in [6.07, 6.45) is 5.67. The molecule has 0 spiro atoms. The van der Waals surface area contributed by atoms with Gasteiger partial charge in [0.15, 0.2) is 11.5 Å². The summed E-state index contributed by atoms with van der Waals surface area (Å²) >= 11 is 1.68. The molecule has 4 aromatic heterocycles. The van der Waals surface area contributed by atoms with Crippen molar-refractivity contribution < 1.29 is 0 Å². The molecule has 9 heteroatoms. The maximum absolute atomic E-state index is 4.79. The number of likely N-dealkylation sites (tertiary alicyclic amines) is 1. The highest BCUT2D eigenvalue weighted by atomic mass is 32.1. The second-order valence-corrected chi connectivity index (χ2v) is 8.32. The molecule has 1 aliphatic rings. The number of aryl methyl sites for hydroxylation is 1. The van der Waals surface area contributed by atoms with E-state index in [0.717, 1.165) is 65.2 Å². The fourth-order valence-corrected chi connectivity index (χ4v) is 4.42. The molecule has 142 valence electrons. The normalized spacial score (nSPS) is 16.0. The number of pyridine rings is 1. The van der Waals surface area contributed by atoms with Crippen LogP contribution in [0.15, 0.2) is 36.7 Å². The monoisotopic (exact) mass is 392 g/mol. The lowest BCUT2D eigenvalue weighted by atomic mass is 9.96. The van der Waals surface area contributed by atoms with E-state index in [4.69, 9.17) is 5.10 Å². The van der Waals surface area contributed by atoms with Crippen molar-refractivity contribution in [2.45, 2.75) is 32.2 Å². The van der Waals surface area contributed by atoms with Crippen molar-refractivity contribution >= 4 is 17.0 Å². The van der Waals surface area contributed by atoms with Gasteiger partial charge in [0.05, 0.1) is 12.2 Å². The zero-order chi connectivity index (χ0) is 18.9. The van der Waals surface area contributed by atoms with Gasteiger partial charge in [-0.15, -0.1) is 31.7 Å². The molecule has 5 rings (SSSR count). The van der Waals surface area contributed by atoms with E-state index in [0.29, 0.717) is 5.92 Å². The fourth-order valence-electron chi connectivity index (χ4n) is 3.67. The molecular weight excluding hydrogens is 372 g/mol. The predicted molar refractivity (Wildman–Crippen MR) is 106 cm³/mol. The van der Waals surface area contributed by atoms with Crippen LogP contribution in [-0.2, 0) is 6.54 Å². The highest BCUT2D eigenvalue weighted by molar-refractivity contribution is 7.11. The van der Waals surface area contributed by atoms with Gasteiger partial charge in [0.2, 0.25) is 0 Å². The van der Waals surface area contributed by atoms with Crippen molar-refractivity contribution in [3.63, 3.8) is 0 Å². The topological polar surface area (TPSA) is 85.0 Å². The molecule has 1 fully saturated rings. The Morgan fingerprint density at radius 3 is 2.71 bits per heavy atom. The molecule has 28 heavy (non-hydrogen) atoms. The molecule has 0 bridgehead atoms. The Bertz CT molecular complexity index is 1080. The molecule has 8 nitrogen and oxygen atoms in total. The third-order valence-corrected chi connectivity index (χ3v) is 5.95. The Morgan fingerprint density at radius 2 is 1.96 bits per heavy atom. The number of rotatable bonds is 4. The zero-order valence-electron chi connectivity index (χ0n) is 15.6. The molecule has 1 aliphatic heterocycles. The zero-order valence-corrected chi connectivity index (χ0v) is 16.4. The molecule has 1 saturated heterocycles. The summed E-state index contributed by atoms with van der Waals surface area (Å²) in [6.45, 7) is 4.90. The van der Waals surface area contributed by atoms with Gasteiger partial charge in [0, 0.05) is 23.9 Å². The lowest BCUT2D eigenvalue weighted by Crippen LogP contribution is -2.33. The third-order valence-electron chi connectivity index (χ3n) is 5.12. The highest BCUT2D eigenvalue weighted by Crippen LogP contribution is 2.28. The van der Waals surface area contributed by atoms with Crippen LogP contribution in [0.25, 0.3) is 16.9 Å². The minimum absolute atomic E-state index is 0.360. The van der Waals surface area contributed by atoms with E-state index in [1.807, 2.05) is 41.9 Å². The Morgan fingerprint density at radius 1 is 1.07 bits per heavy atom. The van der Waals surface area contributed by atoms with Crippen molar-refractivity contribution in [3.05, 3.63) is 52.5 Å². The Balaban J connectivity index is 1.34. The van der Waals surface area contributed by atoms with Crippen LogP contribution in [0, 0.1) is 6.92 Å². The summed E-state index contributed by atoms with van der Waals surface area (Å²) in [4.78, 5) is 6.63. The maximum atomic E-state index is 4.79. The molecule has 0 aromatic carbocycles. The standard InChI is InChI=1S/C19H20N8S/c1-13-21-23-18(28-13)12-26-9-6-14(7-10-26)19-24-22-17-5-4-16(25-27(17)19)15-3-2-8-20-11-15/h2-5,8,11,14H,6-7,9-10,12H2,1H3. The lowest BCUT2D eigenvalue weighted by molar-refractivity contribution is 0.200. The first-order valence-electron chi connectivity index (χ1n) is 9.40. The van der Waals surface area contributed by atoms with Gasteiger partial charge >= 0.3 is 0 Å². The Labute approximate surface area is 166 Å². The molecule has 0 unspecified atom stereocenters. The first-order chi connectivity index (χ1) is 13.8. The van der Waals surface area contributed by atoms with Gasteiger partial charge < -0.3 is 0 Å². The molecule has 0 aliphatic carbocycles. The van der Waals surface area contributed by atoms with Crippen molar-refractivity contribution in [3.8, 4) is 11.3 Å². The fraction of sp³-hybridized carbons (Fsp3) is 0.368. The van der Waals surface area contributed by atoms with E-state index in [1.165, 1.54) is 0 Å². The van der Waals surface area contributed by atoms with Crippen molar-refractivity contribution in [2.24, 2.45) is 0 Å². The minimum Gasteiger partial charge on any atom is -0.297 e. The molecule has 0 amide bonds. The number of fused-ring (bicyclic) bond motifs is 1. The molecule has 0 saturated carbocycles. The predicted octanol–water partition coefficient (Wildman–Crippen LogP) is 2.73. The van der Waals surface area contributed by atoms with Gasteiger partial charge in [-0.3, -0.25) is 9.88 Å². The van der Waals surface area contributed by atoms with E-state index in [9.17, 15) is 0 Å². The van der Waals surface area contributed by atoms with Crippen LogP contribution in [0.3, 0.4) is 0 Å². The van der Waals surface area contributed by atoms with Gasteiger partial charge in [-0.05, 0) is 57.1 Å². The largest absolute Gasteiger partial charge is 0.297 e. The minimum atomic E-state index is 0.360. The SMILES string of the molecule is Cc1nnc(CN2CCC(c3nnc4ccc(-c5cccnc5)nn34)CC2)s1. The quantitative estimate of drug-likeness (QED) is 0.528. The number of aromatic nitrogens is 7. The molecule has 5 heterocycles. The highest BCUT2D eigenvalue weighted by Gasteiger charge is 2.25. The van der Waals surface area contributed by atoms with Gasteiger partial charge in [0.25, 0.3) is 0 Å². The van der Waals surface area contributed by atoms with E-state index < -0.39 is 0 Å². The molecule has 0 radical (unpaired) electrons. The van der Waals surface area contributed by atoms with Crippen molar-refractivity contribution in [2.75, 3.05) is 13.1 Å². The number of hydrogen-bond donors (Lipinski definition) is 0. The summed E-state index contributed by atoms with van der Waals surface area (Å²) in [5, 5.41) is 24.0. The molecule has 0 N–H and O–H groups in total. The van der Waals surface area contributed by atoms with E-state index in [1.54, 1.807) is 17.5 Å². The van der Waals surface area contributed by atoms with E-state index in [2.05, 4.69) is 30.3 Å². The van der Waals surface area contributed by atoms with Crippen LogP contribution in [0.2, 0.25) is 0 Å². The number of nitrogens with zero attached hydrogens (tertiary/aromatic N) is 8. The first-order valence-corrected chi connectivity index (χ1v) is 10.2. The van der Waals surface area contributed by atoms with Crippen molar-refractivity contribution in [1.29, 1.82) is 0 Å². The number of piperidine rings is 1. The van der Waals surface area contributed by atoms with Crippen LogP contribution in [0.5, 0.6) is 0 Å². The lowest BCUT2D eigenvalue weighted by Gasteiger charge is -2.30. The van der Waals surface area contributed by atoms with Crippen LogP contribution >= 0.6 is 11.3 Å². The summed E-state index contributed by atoms with van der Waals surface area (Å²) in [5.74, 6) is 1.31. The smallest absolute Gasteiger partial charge is 0.177 e. The second-order valence-electron chi connectivity index (χ2n) is 7.05. The summed E-state index contributed by atoms with van der Waals surface area (Å²) in [6, 6.07) is 7.87. The second kappa shape index (κ2) is 7.33. The molecule has 0 atom stereocenters.